The van der Waals surface area contributed by atoms with Crippen molar-refractivity contribution in [2.45, 2.75) is 73.3 Å². The van der Waals surface area contributed by atoms with E-state index in [0.717, 1.165) is 12.8 Å². The highest BCUT2D eigenvalue weighted by Gasteiger charge is 2.45. The lowest BCUT2D eigenvalue weighted by atomic mass is 9.95. The molecule has 0 aromatic heterocycles. The summed E-state index contributed by atoms with van der Waals surface area (Å²) in [5, 5.41) is 0. The van der Waals surface area contributed by atoms with Crippen LogP contribution in [0, 0.1) is 28.6 Å². The molecule has 4 heteroatoms. The van der Waals surface area contributed by atoms with Crippen LogP contribution in [0.3, 0.4) is 0 Å². The largest absolute Gasteiger partial charge is 0.464 e. The molecule has 0 heterocycles. The standard InChI is InChI=1S/C19H30O4/c1-17(2,3)15(20)22-13-9-8-12-19(7,14-10-11-14)23-16(21)18(4,5)6/h14H,9-11,13H2,1-7H3. The van der Waals surface area contributed by atoms with E-state index in [4.69, 9.17) is 9.47 Å². The van der Waals surface area contributed by atoms with E-state index >= 15 is 0 Å². The van der Waals surface area contributed by atoms with Crippen molar-refractivity contribution >= 4 is 11.9 Å². The molecule has 130 valence electrons. The van der Waals surface area contributed by atoms with Gasteiger partial charge in [-0.3, -0.25) is 9.59 Å². The van der Waals surface area contributed by atoms with Gasteiger partial charge in [0.2, 0.25) is 0 Å². The SMILES string of the molecule is CC(C)(C)C(=O)OCCC#CC(C)(OC(=O)C(C)(C)C)C1CC1. The number of ether oxygens (including phenoxy) is 2. The Labute approximate surface area is 140 Å². The van der Waals surface area contributed by atoms with Crippen LogP contribution in [0.15, 0.2) is 0 Å². The fraction of sp³-hybridized carbons (Fsp3) is 0.789. The highest BCUT2D eigenvalue weighted by atomic mass is 16.6. The Kier molecular flexibility index (Phi) is 5.90. The molecule has 1 unspecified atom stereocenters. The normalized spacial score (nSPS) is 17.5. The predicted octanol–water partition coefficient (Wildman–Crippen LogP) is 3.73. The van der Waals surface area contributed by atoms with Crippen LogP contribution in [0.5, 0.6) is 0 Å². The van der Waals surface area contributed by atoms with Crippen molar-refractivity contribution in [3.8, 4) is 11.8 Å². The second-order valence-electron chi connectivity index (χ2n) is 8.46. The summed E-state index contributed by atoms with van der Waals surface area (Å²) in [6, 6.07) is 0. The summed E-state index contributed by atoms with van der Waals surface area (Å²) in [6.45, 7) is 13.1. The van der Waals surface area contributed by atoms with Gasteiger partial charge in [0.1, 0.15) is 6.61 Å². The predicted molar refractivity (Wildman–Crippen MR) is 89.5 cm³/mol. The van der Waals surface area contributed by atoms with Gasteiger partial charge in [0.15, 0.2) is 5.60 Å². The molecule has 0 N–H and O–H groups in total. The number of hydrogen-bond donors (Lipinski definition) is 0. The second kappa shape index (κ2) is 6.95. The molecule has 0 spiro atoms. The maximum Gasteiger partial charge on any atom is 0.312 e. The van der Waals surface area contributed by atoms with Crippen molar-refractivity contribution in [2.24, 2.45) is 16.7 Å². The zero-order valence-corrected chi connectivity index (χ0v) is 15.5. The van der Waals surface area contributed by atoms with E-state index in [0.29, 0.717) is 12.3 Å². The van der Waals surface area contributed by atoms with Crippen molar-refractivity contribution in [1.29, 1.82) is 0 Å². The number of hydrogen-bond acceptors (Lipinski definition) is 4. The van der Waals surface area contributed by atoms with Crippen molar-refractivity contribution in [2.75, 3.05) is 6.61 Å². The van der Waals surface area contributed by atoms with Crippen molar-refractivity contribution in [3.05, 3.63) is 0 Å². The molecule has 1 rings (SSSR count). The van der Waals surface area contributed by atoms with Crippen LogP contribution in [0.2, 0.25) is 0 Å². The van der Waals surface area contributed by atoms with Crippen molar-refractivity contribution < 1.29 is 19.1 Å². The summed E-state index contributed by atoms with van der Waals surface area (Å²) in [6.07, 6.45) is 2.50. The van der Waals surface area contributed by atoms with Gasteiger partial charge in [-0.2, -0.15) is 0 Å². The van der Waals surface area contributed by atoms with Crippen LogP contribution in [0.25, 0.3) is 0 Å². The molecule has 0 radical (unpaired) electrons. The summed E-state index contributed by atoms with van der Waals surface area (Å²) in [4.78, 5) is 23.8. The van der Waals surface area contributed by atoms with Crippen LogP contribution in [-0.4, -0.2) is 24.1 Å². The highest BCUT2D eigenvalue weighted by Crippen LogP contribution is 2.42. The Morgan fingerprint density at radius 1 is 0.957 bits per heavy atom. The number of esters is 2. The van der Waals surface area contributed by atoms with Gasteiger partial charge in [0.05, 0.1) is 10.8 Å². The van der Waals surface area contributed by atoms with E-state index in [1.165, 1.54) is 0 Å². The van der Waals surface area contributed by atoms with Gasteiger partial charge in [0.25, 0.3) is 0 Å². The minimum Gasteiger partial charge on any atom is -0.464 e. The minimum absolute atomic E-state index is 0.233. The van der Waals surface area contributed by atoms with Crippen LogP contribution in [-0.2, 0) is 19.1 Å². The monoisotopic (exact) mass is 322 g/mol. The van der Waals surface area contributed by atoms with Gasteiger partial charge in [-0.25, -0.2) is 0 Å². The van der Waals surface area contributed by atoms with E-state index < -0.39 is 16.4 Å². The minimum atomic E-state index is -0.738. The first-order valence-electron chi connectivity index (χ1n) is 8.27. The van der Waals surface area contributed by atoms with Crippen molar-refractivity contribution in [1.82, 2.24) is 0 Å². The quantitative estimate of drug-likeness (QED) is 0.449. The summed E-state index contributed by atoms with van der Waals surface area (Å²) in [5.41, 5.74) is -1.78. The molecule has 0 aromatic carbocycles. The molecule has 4 nitrogen and oxygen atoms in total. The Balaban J connectivity index is 2.58. The average Bonchev–Trinajstić information content (AvgIpc) is 3.20. The lowest BCUT2D eigenvalue weighted by molar-refractivity contribution is -0.164. The van der Waals surface area contributed by atoms with Gasteiger partial charge < -0.3 is 9.47 Å². The van der Waals surface area contributed by atoms with Gasteiger partial charge in [-0.05, 0) is 61.3 Å². The molecule has 0 amide bonds. The summed E-state index contributed by atoms with van der Waals surface area (Å²) >= 11 is 0. The molecule has 1 saturated carbocycles. The maximum atomic E-state index is 12.1. The molecule has 0 aliphatic heterocycles. The first kappa shape index (κ1) is 19.5. The molecule has 0 bridgehead atoms. The number of rotatable bonds is 4. The van der Waals surface area contributed by atoms with Crippen LogP contribution >= 0.6 is 0 Å². The average molecular weight is 322 g/mol. The molecule has 1 atom stereocenters. The van der Waals surface area contributed by atoms with Gasteiger partial charge in [0, 0.05) is 12.3 Å². The molecular formula is C19H30O4. The van der Waals surface area contributed by atoms with E-state index in [-0.39, 0.29) is 18.5 Å². The second-order valence-corrected chi connectivity index (χ2v) is 8.46. The number of carbonyl (C=O) groups excluding carboxylic acids is 2. The van der Waals surface area contributed by atoms with E-state index in [2.05, 4.69) is 11.8 Å². The van der Waals surface area contributed by atoms with Crippen molar-refractivity contribution in [3.63, 3.8) is 0 Å². The third-order valence-electron chi connectivity index (χ3n) is 3.68. The fourth-order valence-corrected chi connectivity index (χ4v) is 1.84. The summed E-state index contributed by atoms with van der Waals surface area (Å²) < 4.78 is 10.9. The summed E-state index contributed by atoms with van der Waals surface area (Å²) in [5.74, 6) is 5.93. The van der Waals surface area contributed by atoms with Crippen LogP contribution in [0.4, 0.5) is 0 Å². The summed E-state index contributed by atoms with van der Waals surface area (Å²) in [7, 11) is 0. The Bertz CT molecular complexity index is 506. The van der Waals surface area contributed by atoms with E-state index in [9.17, 15) is 9.59 Å². The molecule has 23 heavy (non-hydrogen) atoms. The smallest absolute Gasteiger partial charge is 0.312 e. The first-order chi connectivity index (χ1) is 10.4. The number of carbonyl (C=O) groups is 2. The highest BCUT2D eigenvalue weighted by molar-refractivity contribution is 5.76. The fourth-order valence-electron chi connectivity index (χ4n) is 1.84. The molecular weight excluding hydrogens is 292 g/mol. The van der Waals surface area contributed by atoms with Gasteiger partial charge >= 0.3 is 11.9 Å². The topological polar surface area (TPSA) is 52.6 Å². The lowest BCUT2D eigenvalue weighted by Gasteiger charge is -2.28. The zero-order chi connectivity index (χ0) is 17.9. The van der Waals surface area contributed by atoms with Crippen LogP contribution in [0.1, 0.15) is 67.7 Å². The molecule has 1 aliphatic carbocycles. The third-order valence-corrected chi connectivity index (χ3v) is 3.68. The molecule has 1 fully saturated rings. The Hall–Kier alpha value is -1.50. The maximum absolute atomic E-state index is 12.1. The van der Waals surface area contributed by atoms with Crippen LogP contribution < -0.4 is 0 Å². The van der Waals surface area contributed by atoms with E-state index in [1.54, 1.807) is 0 Å². The van der Waals surface area contributed by atoms with Gasteiger partial charge in [-0.15, -0.1) is 0 Å². The molecule has 0 saturated heterocycles. The lowest BCUT2D eigenvalue weighted by Crippen LogP contribution is -2.37. The third kappa shape index (κ3) is 6.25. The molecule has 0 aromatic rings. The van der Waals surface area contributed by atoms with E-state index in [1.807, 2.05) is 48.5 Å². The molecule has 1 aliphatic rings. The first-order valence-corrected chi connectivity index (χ1v) is 8.27. The Morgan fingerprint density at radius 3 is 1.91 bits per heavy atom. The Morgan fingerprint density at radius 2 is 1.48 bits per heavy atom. The zero-order valence-electron chi connectivity index (χ0n) is 15.5. The van der Waals surface area contributed by atoms with Gasteiger partial charge in [-0.1, -0.05) is 11.8 Å².